The summed E-state index contributed by atoms with van der Waals surface area (Å²) in [5.41, 5.74) is 5.96. The third kappa shape index (κ3) is 5.98. The summed E-state index contributed by atoms with van der Waals surface area (Å²) in [5, 5.41) is 1.95. The van der Waals surface area contributed by atoms with E-state index in [1.165, 1.54) is 5.56 Å². The lowest BCUT2D eigenvalue weighted by atomic mass is 9.82. The molecule has 0 saturated carbocycles. The largest absolute Gasteiger partial charge is 0.484 e. The molecule has 2 N–H and O–H groups in total. The van der Waals surface area contributed by atoms with E-state index in [0.29, 0.717) is 11.5 Å². The molecule has 3 aromatic rings. The van der Waals surface area contributed by atoms with Crippen LogP contribution >= 0.6 is 0 Å². The predicted octanol–water partition coefficient (Wildman–Crippen LogP) is 4.13. The maximum atomic E-state index is 12.0. The molecule has 31 heavy (non-hydrogen) atoms. The first-order valence-electron chi connectivity index (χ1n) is 10.3. The Morgan fingerprint density at radius 3 is 2.10 bits per heavy atom. The Morgan fingerprint density at radius 2 is 1.42 bits per heavy atom. The molecule has 3 aromatic carbocycles. The van der Waals surface area contributed by atoms with E-state index in [-0.39, 0.29) is 18.6 Å². The van der Waals surface area contributed by atoms with Crippen molar-refractivity contribution in [2.75, 3.05) is 13.2 Å². The average Bonchev–Trinajstić information content (AvgIpc) is 2.80. The molecule has 162 valence electrons. The topological polar surface area (TPSA) is 76.7 Å². The van der Waals surface area contributed by atoms with E-state index in [4.69, 9.17) is 9.47 Å². The van der Waals surface area contributed by atoms with Gasteiger partial charge in [-0.25, -0.2) is 0 Å². The van der Waals surface area contributed by atoms with E-state index in [2.05, 4.69) is 31.6 Å². The van der Waals surface area contributed by atoms with E-state index in [1.807, 2.05) is 60.7 Å². The maximum Gasteiger partial charge on any atom is 0.276 e. The summed E-state index contributed by atoms with van der Waals surface area (Å²) in [6.07, 6.45) is 1.03. The van der Waals surface area contributed by atoms with Gasteiger partial charge in [0, 0.05) is 5.39 Å². The van der Waals surface area contributed by atoms with Gasteiger partial charge in [0.1, 0.15) is 11.5 Å². The number of carbonyl (C=O) groups is 2. The quantitative estimate of drug-likeness (QED) is 0.537. The van der Waals surface area contributed by atoms with Gasteiger partial charge in [0.2, 0.25) is 0 Å². The molecular weight excluding hydrogens is 392 g/mol. The third-order valence-corrected chi connectivity index (χ3v) is 5.34. The summed E-state index contributed by atoms with van der Waals surface area (Å²) >= 11 is 0. The van der Waals surface area contributed by atoms with Crippen molar-refractivity contribution >= 4 is 22.6 Å². The van der Waals surface area contributed by atoms with Gasteiger partial charge in [0.05, 0.1) is 0 Å². The lowest BCUT2D eigenvalue weighted by molar-refractivity contribution is -0.130. The van der Waals surface area contributed by atoms with Gasteiger partial charge < -0.3 is 9.47 Å². The molecule has 0 radical (unpaired) electrons. The first kappa shape index (κ1) is 22.2. The SMILES string of the molecule is CCC(C)(C)c1ccc(OCC(=O)NNC(=O)COc2cccc3ccccc23)cc1. The predicted molar refractivity (Wildman–Crippen MR) is 121 cm³/mol. The summed E-state index contributed by atoms with van der Waals surface area (Å²) < 4.78 is 11.1. The van der Waals surface area contributed by atoms with Crippen molar-refractivity contribution < 1.29 is 19.1 Å². The van der Waals surface area contributed by atoms with Crippen molar-refractivity contribution in [3.63, 3.8) is 0 Å². The Bertz CT molecular complexity index is 1040. The molecule has 6 nitrogen and oxygen atoms in total. The maximum absolute atomic E-state index is 12.0. The molecule has 0 spiro atoms. The van der Waals surface area contributed by atoms with Gasteiger partial charge in [0.25, 0.3) is 11.8 Å². The number of amides is 2. The molecular formula is C25H28N2O4. The van der Waals surface area contributed by atoms with Crippen LogP contribution in [0.3, 0.4) is 0 Å². The molecule has 6 heteroatoms. The number of rotatable bonds is 8. The summed E-state index contributed by atoms with van der Waals surface area (Å²) in [4.78, 5) is 24.0. The highest BCUT2D eigenvalue weighted by Gasteiger charge is 2.17. The zero-order chi connectivity index (χ0) is 22.3. The molecule has 2 amide bonds. The van der Waals surface area contributed by atoms with Crippen LogP contribution in [0.2, 0.25) is 0 Å². The fraction of sp³-hybridized carbons (Fsp3) is 0.280. The Kier molecular flexibility index (Phi) is 7.13. The molecule has 0 atom stereocenters. The van der Waals surface area contributed by atoms with Gasteiger partial charge >= 0.3 is 0 Å². The summed E-state index contributed by atoms with van der Waals surface area (Å²) in [7, 11) is 0. The minimum Gasteiger partial charge on any atom is -0.484 e. The zero-order valence-corrected chi connectivity index (χ0v) is 18.1. The van der Waals surface area contributed by atoms with E-state index in [1.54, 1.807) is 6.07 Å². The highest BCUT2D eigenvalue weighted by atomic mass is 16.5. The van der Waals surface area contributed by atoms with Crippen molar-refractivity contribution in [3.05, 3.63) is 72.3 Å². The molecule has 0 fully saturated rings. The van der Waals surface area contributed by atoms with E-state index < -0.39 is 11.8 Å². The normalized spacial score (nSPS) is 11.1. The Hall–Kier alpha value is -3.54. The van der Waals surface area contributed by atoms with Crippen molar-refractivity contribution in [2.45, 2.75) is 32.6 Å². The van der Waals surface area contributed by atoms with Gasteiger partial charge in [-0.05, 0) is 41.0 Å². The van der Waals surface area contributed by atoms with Crippen LogP contribution in [0, 0.1) is 0 Å². The van der Waals surface area contributed by atoms with Crippen LogP contribution in [-0.4, -0.2) is 25.0 Å². The minimum absolute atomic E-state index is 0.0916. The first-order valence-corrected chi connectivity index (χ1v) is 10.3. The number of fused-ring (bicyclic) bond motifs is 1. The van der Waals surface area contributed by atoms with E-state index >= 15 is 0 Å². The second-order valence-electron chi connectivity index (χ2n) is 7.91. The lowest BCUT2D eigenvalue weighted by Gasteiger charge is -2.23. The molecule has 0 aliphatic rings. The highest BCUT2D eigenvalue weighted by molar-refractivity contribution is 5.89. The van der Waals surface area contributed by atoms with Gasteiger partial charge in [-0.2, -0.15) is 0 Å². The number of nitrogens with one attached hydrogen (secondary N) is 2. The van der Waals surface area contributed by atoms with Crippen LogP contribution in [0.5, 0.6) is 11.5 Å². The molecule has 0 unspecified atom stereocenters. The zero-order valence-electron chi connectivity index (χ0n) is 18.1. The molecule has 0 aliphatic carbocycles. The van der Waals surface area contributed by atoms with Crippen molar-refractivity contribution in [1.82, 2.24) is 10.9 Å². The van der Waals surface area contributed by atoms with Crippen molar-refractivity contribution in [3.8, 4) is 11.5 Å². The van der Waals surface area contributed by atoms with Crippen LogP contribution in [0.1, 0.15) is 32.8 Å². The Balaban J connectivity index is 1.42. The summed E-state index contributed by atoms with van der Waals surface area (Å²) in [5.74, 6) is 0.276. The van der Waals surface area contributed by atoms with Crippen LogP contribution in [0.4, 0.5) is 0 Å². The summed E-state index contributed by atoms with van der Waals surface area (Å²) in [6.45, 7) is 6.09. The molecule has 0 bridgehead atoms. The first-order chi connectivity index (χ1) is 14.9. The van der Waals surface area contributed by atoms with Gasteiger partial charge in [-0.1, -0.05) is 69.3 Å². The lowest BCUT2D eigenvalue weighted by Crippen LogP contribution is -2.45. The van der Waals surface area contributed by atoms with Crippen LogP contribution in [0.25, 0.3) is 10.8 Å². The molecule has 0 aromatic heterocycles. The molecule has 0 heterocycles. The van der Waals surface area contributed by atoms with Crippen LogP contribution < -0.4 is 20.3 Å². The minimum atomic E-state index is -0.465. The van der Waals surface area contributed by atoms with Crippen molar-refractivity contribution in [2.24, 2.45) is 0 Å². The third-order valence-electron chi connectivity index (χ3n) is 5.34. The van der Waals surface area contributed by atoms with Gasteiger partial charge in [-0.15, -0.1) is 0 Å². The second kappa shape index (κ2) is 9.98. The van der Waals surface area contributed by atoms with E-state index in [0.717, 1.165) is 17.2 Å². The summed E-state index contributed by atoms with van der Waals surface area (Å²) in [6, 6.07) is 21.1. The number of hydrazine groups is 1. The standard InChI is InChI=1S/C25H28N2O4/c1-4-25(2,3)19-12-14-20(15-13-19)30-16-23(28)26-27-24(29)17-31-22-11-7-9-18-8-5-6-10-21(18)22/h5-15H,4,16-17H2,1-3H3,(H,26,28)(H,27,29). The number of hydrogen-bond donors (Lipinski definition) is 2. The molecule has 0 saturated heterocycles. The van der Waals surface area contributed by atoms with Crippen LogP contribution in [0.15, 0.2) is 66.7 Å². The van der Waals surface area contributed by atoms with Crippen LogP contribution in [-0.2, 0) is 15.0 Å². The Labute approximate surface area is 182 Å². The Morgan fingerprint density at radius 1 is 0.806 bits per heavy atom. The van der Waals surface area contributed by atoms with Gasteiger partial charge in [-0.3, -0.25) is 20.4 Å². The van der Waals surface area contributed by atoms with Crippen molar-refractivity contribution in [1.29, 1.82) is 0 Å². The molecule has 0 aliphatic heterocycles. The fourth-order valence-electron chi connectivity index (χ4n) is 3.03. The smallest absolute Gasteiger partial charge is 0.276 e. The molecule has 3 rings (SSSR count). The fourth-order valence-corrected chi connectivity index (χ4v) is 3.03. The average molecular weight is 421 g/mol. The second-order valence-corrected chi connectivity index (χ2v) is 7.91. The number of carbonyl (C=O) groups excluding carboxylic acids is 2. The van der Waals surface area contributed by atoms with E-state index in [9.17, 15) is 9.59 Å². The number of ether oxygens (including phenoxy) is 2. The highest BCUT2D eigenvalue weighted by Crippen LogP contribution is 2.28. The number of hydrogen-bond acceptors (Lipinski definition) is 4. The number of benzene rings is 3. The van der Waals surface area contributed by atoms with Gasteiger partial charge in [0.15, 0.2) is 13.2 Å². The monoisotopic (exact) mass is 420 g/mol.